The number of nitrogens with one attached hydrogen (secondary N) is 2. The molecule has 120 valence electrons. The molecule has 2 rings (SSSR count). The molecule has 1 aromatic carbocycles. The molecular formula is C15H13F2N3O3. The quantitative estimate of drug-likeness (QED) is 0.511. The van der Waals surface area contributed by atoms with E-state index in [1.165, 1.54) is 19.3 Å². The number of amides is 2. The van der Waals surface area contributed by atoms with Crippen LogP contribution in [-0.4, -0.2) is 17.5 Å². The lowest BCUT2D eigenvalue weighted by atomic mass is 10.1. The molecule has 0 saturated carbocycles. The molecule has 6 nitrogen and oxygen atoms in total. The van der Waals surface area contributed by atoms with Gasteiger partial charge in [-0.15, -0.1) is 0 Å². The minimum atomic E-state index is -1.03. The first kappa shape index (κ1) is 16.3. The third-order valence-corrected chi connectivity index (χ3v) is 2.87. The molecule has 2 aromatic rings. The molecule has 0 unspecified atom stereocenters. The molecular weight excluding hydrogens is 308 g/mol. The molecule has 23 heavy (non-hydrogen) atoms. The van der Waals surface area contributed by atoms with E-state index in [4.69, 9.17) is 4.42 Å². The minimum Gasteiger partial charge on any atom is -0.467 e. The average Bonchev–Trinajstić information content (AvgIpc) is 3.05. The van der Waals surface area contributed by atoms with Crippen LogP contribution in [-0.2, 0) is 16.1 Å². The van der Waals surface area contributed by atoms with Crippen LogP contribution in [0.3, 0.4) is 0 Å². The third-order valence-electron chi connectivity index (χ3n) is 2.87. The van der Waals surface area contributed by atoms with E-state index in [1.807, 2.05) is 5.43 Å². The van der Waals surface area contributed by atoms with E-state index in [0.717, 1.165) is 12.1 Å². The highest BCUT2D eigenvalue weighted by Crippen LogP contribution is 2.09. The van der Waals surface area contributed by atoms with E-state index in [9.17, 15) is 18.4 Å². The monoisotopic (exact) mass is 321 g/mol. The van der Waals surface area contributed by atoms with E-state index in [0.29, 0.717) is 5.76 Å². The lowest BCUT2D eigenvalue weighted by Gasteiger charge is -2.04. The van der Waals surface area contributed by atoms with Crippen LogP contribution in [0, 0.1) is 11.6 Å². The molecule has 0 radical (unpaired) electrons. The van der Waals surface area contributed by atoms with Crippen molar-refractivity contribution >= 4 is 17.5 Å². The topological polar surface area (TPSA) is 83.7 Å². The van der Waals surface area contributed by atoms with Crippen molar-refractivity contribution in [3.05, 3.63) is 59.6 Å². The Labute approximate surface area is 130 Å². The molecule has 2 N–H and O–H groups in total. The van der Waals surface area contributed by atoms with Crippen molar-refractivity contribution in [3.63, 3.8) is 0 Å². The number of carbonyl (C=O) groups is 2. The fourth-order valence-electron chi connectivity index (χ4n) is 1.63. The highest BCUT2D eigenvalue weighted by atomic mass is 19.2. The number of halogens is 2. The van der Waals surface area contributed by atoms with Crippen LogP contribution in [0.5, 0.6) is 0 Å². The zero-order chi connectivity index (χ0) is 16.8. The fourth-order valence-corrected chi connectivity index (χ4v) is 1.63. The number of nitrogens with zero attached hydrogens (tertiary/aromatic N) is 1. The van der Waals surface area contributed by atoms with E-state index < -0.39 is 23.4 Å². The van der Waals surface area contributed by atoms with Crippen LogP contribution < -0.4 is 10.7 Å². The molecule has 0 bridgehead atoms. The standard InChI is InChI=1S/C15H13F2N3O3/c1-9(10-4-5-12(16)13(17)7-10)19-20-15(22)14(21)18-8-11-3-2-6-23-11/h2-7H,8H2,1H3,(H,18,21)(H,20,22)/b19-9-. The van der Waals surface area contributed by atoms with Crippen molar-refractivity contribution in [2.75, 3.05) is 0 Å². The van der Waals surface area contributed by atoms with Crippen LogP contribution in [0.4, 0.5) is 8.78 Å². The summed E-state index contributed by atoms with van der Waals surface area (Å²) < 4.78 is 30.9. The first-order chi connectivity index (χ1) is 11.0. The van der Waals surface area contributed by atoms with Gasteiger partial charge in [0.15, 0.2) is 11.6 Å². The summed E-state index contributed by atoms with van der Waals surface area (Å²) in [7, 11) is 0. The van der Waals surface area contributed by atoms with Gasteiger partial charge in [-0.25, -0.2) is 14.2 Å². The Hall–Kier alpha value is -3.03. The van der Waals surface area contributed by atoms with Crippen molar-refractivity contribution in [1.29, 1.82) is 0 Å². The maximum Gasteiger partial charge on any atom is 0.329 e. The largest absolute Gasteiger partial charge is 0.467 e. The zero-order valence-electron chi connectivity index (χ0n) is 12.1. The molecule has 0 aliphatic heterocycles. The summed E-state index contributed by atoms with van der Waals surface area (Å²) in [5.74, 6) is -3.41. The second-order valence-corrected chi connectivity index (χ2v) is 4.53. The molecule has 0 fully saturated rings. The van der Waals surface area contributed by atoms with Gasteiger partial charge in [0, 0.05) is 5.56 Å². The fraction of sp³-hybridized carbons (Fsp3) is 0.133. The van der Waals surface area contributed by atoms with Crippen molar-refractivity contribution < 1.29 is 22.8 Å². The normalized spacial score (nSPS) is 11.2. The Morgan fingerprint density at radius 2 is 1.96 bits per heavy atom. The molecule has 0 spiro atoms. The first-order valence-electron chi connectivity index (χ1n) is 6.57. The number of hydrogen-bond donors (Lipinski definition) is 2. The molecule has 0 atom stereocenters. The lowest BCUT2D eigenvalue weighted by molar-refractivity contribution is -0.139. The van der Waals surface area contributed by atoms with Crippen molar-refractivity contribution in [1.82, 2.24) is 10.7 Å². The summed E-state index contributed by atoms with van der Waals surface area (Å²) >= 11 is 0. The van der Waals surface area contributed by atoms with Crippen LogP contribution in [0.2, 0.25) is 0 Å². The predicted molar refractivity (Wildman–Crippen MR) is 77.3 cm³/mol. The Balaban J connectivity index is 1.91. The van der Waals surface area contributed by atoms with E-state index in [-0.39, 0.29) is 17.8 Å². The summed E-state index contributed by atoms with van der Waals surface area (Å²) in [6, 6.07) is 6.49. The Bertz CT molecular complexity index is 742. The van der Waals surface area contributed by atoms with Crippen LogP contribution in [0.15, 0.2) is 46.1 Å². The number of rotatable bonds is 4. The van der Waals surface area contributed by atoms with Gasteiger partial charge in [-0.2, -0.15) is 5.10 Å². The van der Waals surface area contributed by atoms with Crippen molar-refractivity contribution in [3.8, 4) is 0 Å². The Morgan fingerprint density at radius 1 is 1.17 bits per heavy atom. The molecule has 0 aliphatic carbocycles. The minimum absolute atomic E-state index is 0.0606. The maximum absolute atomic E-state index is 13.1. The van der Waals surface area contributed by atoms with Gasteiger partial charge in [0.2, 0.25) is 0 Å². The number of carbonyl (C=O) groups excluding carboxylic acids is 2. The lowest BCUT2D eigenvalue weighted by Crippen LogP contribution is -2.37. The van der Waals surface area contributed by atoms with Crippen molar-refractivity contribution in [2.45, 2.75) is 13.5 Å². The number of hydrogen-bond acceptors (Lipinski definition) is 4. The maximum atomic E-state index is 13.1. The van der Waals surface area contributed by atoms with Gasteiger partial charge in [0.25, 0.3) is 0 Å². The highest BCUT2D eigenvalue weighted by molar-refractivity contribution is 6.35. The van der Waals surface area contributed by atoms with Crippen molar-refractivity contribution in [2.24, 2.45) is 5.10 Å². The number of benzene rings is 1. The van der Waals surface area contributed by atoms with E-state index in [2.05, 4.69) is 10.4 Å². The smallest absolute Gasteiger partial charge is 0.329 e. The molecule has 0 aliphatic rings. The zero-order valence-corrected chi connectivity index (χ0v) is 12.1. The predicted octanol–water partition coefficient (Wildman–Crippen LogP) is 1.71. The SMILES string of the molecule is C/C(=N/NC(=O)C(=O)NCc1ccco1)c1ccc(F)c(F)c1. The summed E-state index contributed by atoms with van der Waals surface area (Å²) in [5.41, 5.74) is 2.53. The molecule has 1 aromatic heterocycles. The van der Waals surface area contributed by atoms with Crippen LogP contribution >= 0.6 is 0 Å². The number of hydrazone groups is 1. The first-order valence-corrected chi connectivity index (χ1v) is 6.57. The van der Waals surface area contributed by atoms with Crippen LogP contribution in [0.1, 0.15) is 18.2 Å². The van der Waals surface area contributed by atoms with Gasteiger partial charge in [-0.1, -0.05) is 0 Å². The molecule has 1 heterocycles. The van der Waals surface area contributed by atoms with Gasteiger partial charge in [0.05, 0.1) is 18.5 Å². The van der Waals surface area contributed by atoms with E-state index >= 15 is 0 Å². The van der Waals surface area contributed by atoms with E-state index in [1.54, 1.807) is 12.1 Å². The Morgan fingerprint density at radius 3 is 2.61 bits per heavy atom. The second-order valence-electron chi connectivity index (χ2n) is 4.53. The third kappa shape index (κ3) is 4.47. The summed E-state index contributed by atoms with van der Waals surface area (Å²) in [4.78, 5) is 23.1. The van der Waals surface area contributed by atoms with Gasteiger partial charge in [-0.05, 0) is 37.3 Å². The van der Waals surface area contributed by atoms with Gasteiger partial charge >= 0.3 is 11.8 Å². The summed E-state index contributed by atoms with van der Waals surface area (Å²) in [6.45, 7) is 1.54. The average molecular weight is 321 g/mol. The molecule has 8 heteroatoms. The van der Waals surface area contributed by atoms with Crippen LogP contribution in [0.25, 0.3) is 0 Å². The summed E-state index contributed by atoms with van der Waals surface area (Å²) in [6.07, 6.45) is 1.44. The van der Waals surface area contributed by atoms with Gasteiger partial charge in [0.1, 0.15) is 5.76 Å². The Kier molecular flexibility index (Phi) is 5.19. The molecule has 2 amide bonds. The second kappa shape index (κ2) is 7.30. The summed E-state index contributed by atoms with van der Waals surface area (Å²) in [5, 5.41) is 6.02. The highest BCUT2D eigenvalue weighted by Gasteiger charge is 2.13. The van der Waals surface area contributed by atoms with Gasteiger partial charge in [-0.3, -0.25) is 9.59 Å². The van der Waals surface area contributed by atoms with Gasteiger partial charge < -0.3 is 9.73 Å². The molecule has 0 saturated heterocycles. The number of furan rings is 1.